The first-order valence-corrected chi connectivity index (χ1v) is 3.65. The highest BCUT2D eigenvalue weighted by atomic mass is 14.9. The summed E-state index contributed by atoms with van der Waals surface area (Å²) in [5, 5.41) is 6.06. The lowest BCUT2D eigenvalue weighted by molar-refractivity contribution is 1.39. The summed E-state index contributed by atoms with van der Waals surface area (Å²) in [6.45, 7) is 4.19. The molecule has 0 saturated heterocycles. The summed E-state index contributed by atoms with van der Waals surface area (Å²) in [6, 6.07) is 8.48. The molecule has 1 rings (SSSR count). The Kier molecular flexibility index (Phi) is 4.53. The minimum absolute atomic E-state index is 0.333. The van der Waals surface area contributed by atoms with E-state index in [4.69, 9.17) is 5.41 Å². The van der Waals surface area contributed by atoms with Crippen molar-refractivity contribution in [3.63, 3.8) is 0 Å². The van der Waals surface area contributed by atoms with E-state index in [-0.39, 0.29) is 5.96 Å². The Morgan fingerprint density at radius 3 is 1.33 bits per heavy atom. The number of guanidine groups is 1. The fourth-order valence-electron chi connectivity index (χ4n) is 0.637. The third-order valence-corrected chi connectivity index (χ3v) is 1.22. The molecule has 0 fully saturated rings. The fraction of sp³-hybridized carbons (Fsp3) is 0.222. The Morgan fingerprint density at radius 2 is 1.17 bits per heavy atom. The highest BCUT2D eigenvalue weighted by molar-refractivity contribution is 5.71. The minimum Gasteiger partial charge on any atom is -0.370 e. The van der Waals surface area contributed by atoms with Gasteiger partial charge in [0.15, 0.2) is 5.96 Å². The van der Waals surface area contributed by atoms with Crippen molar-refractivity contribution >= 4 is 5.96 Å². The van der Waals surface area contributed by atoms with Crippen molar-refractivity contribution in [3.05, 3.63) is 35.4 Å². The van der Waals surface area contributed by atoms with Gasteiger partial charge in [-0.2, -0.15) is 0 Å². The first-order valence-electron chi connectivity index (χ1n) is 3.65. The molecule has 0 aliphatic heterocycles. The van der Waals surface area contributed by atoms with Gasteiger partial charge in [0.2, 0.25) is 0 Å². The standard InChI is InChI=1S/C8H10.CH5N3/c1-7-3-5-8(2)6-4-7;2-1(3)4/h3-6H,1-2H3;(H5,2,3,4). The van der Waals surface area contributed by atoms with E-state index < -0.39 is 0 Å². The molecule has 0 aromatic heterocycles. The van der Waals surface area contributed by atoms with E-state index in [2.05, 4.69) is 49.6 Å². The lowest BCUT2D eigenvalue weighted by Gasteiger charge is -1.90. The van der Waals surface area contributed by atoms with Gasteiger partial charge in [-0.3, -0.25) is 5.41 Å². The summed E-state index contributed by atoms with van der Waals surface area (Å²) in [5.41, 5.74) is 11.6. The van der Waals surface area contributed by atoms with E-state index in [0.717, 1.165) is 0 Å². The SMILES string of the molecule is Cc1ccc(C)cc1.N=C(N)N. The van der Waals surface area contributed by atoms with Crippen LogP contribution in [0.4, 0.5) is 0 Å². The summed E-state index contributed by atoms with van der Waals surface area (Å²) in [7, 11) is 0. The Bertz CT molecular complexity index is 213. The molecule has 0 saturated carbocycles. The summed E-state index contributed by atoms with van der Waals surface area (Å²) in [4.78, 5) is 0. The number of aryl methyl sites for hydroxylation is 2. The number of hydrogen-bond acceptors (Lipinski definition) is 1. The van der Waals surface area contributed by atoms with E-state index in [1.165, 1.54) is 11.1 Å². The molecule has 0 spiro atoms. The van der Waals surface area contributed by atoms with Gasteiger partial charge in [0.1, 0.15) is 0 Å². The number of rotatable bonds is 0. The molecule has 0 atom stereocenters. The molecular weight excluding hydrogens is 150 g/mol. The number of nitrogens with two attached hydrogens (primary N) is 2. The molecule has 1 aromatic rings. The van der Waals surface area contributed by atoms with Crippen LogP contribution in [0.5, 0.6) is 0 Å². The maximum atomic E-state index is 6.06. The van der Waals surface area contributed by atoms with Crippen LogP contribution in [0.2, 0.25) is 0 Å². The highest BCUT2D eigenvalue weighted by Crippen LogP contribution is 1.99. The van der Waals surface area contributed by atoms with Gasteiger partial charge in [0.05, 0.1) is 0 Å². The number of hydrogen-bond donors (Lipinski definition) is 3. The molecule has 0 bridgehead atoms. The molecule has 3 nitrogen and oxygen atoms in total. The van der Waals surface area contributed by atoms with Crippen molar-refractivity contribution in [3.8, 4) is 0 Å². The highest BCUT2D eigenvalue weighted by Gasteiger charge is 1.79. The summed E-state index contributed by atoms with van der Waals surface area (Å²) < 4.78 is 0. The van der Waals surface area contributed by atoms with E-state index in [9.17, 15) is 0 Å². The van der Waals surface area contributed by atoms with Crippen LogP contribution in [0.25, 0.3) is 0 Å². The predicted molar refractivity (Wildman–Crippen MR) is 52.0 cm³/mol. The quantitative estimate of drug-likeness (QED) is 0.398. The average Bonchev–Trinajstić information content (AvgIpc) is 1.94. The smallest absolute Gasteiger partial charge is 0.183 e. The molecule has 0 heterocycles. The average molecular weight is 165 g/mol. The molecule has 12 heavy (non-hydrogen) atoms. The Morgan fingerprint density at radius 1 is 1.00 bits per heavy atom. The zero-order valence-electron chi connectivity index (χ0n) is 7.46. The monoisotopic (exact) mass is 165 g/mol. The molecule has 0 unspecified atom stereocenters. The van der Waals surface area contributed by atoms with Gasteiger partial charge in [0, 0.05) is 0 Å². The van der Waals surface area contributed by atoms with Crippen molar-refractivity contribution in [1.82, 2.24) is 0 Å². The van der Waals surface area contributed by atoms with Crippen LogP contribution in [0.3, 0.4) is 0 Å². The first-order chi connectivity index (χ1) is 5.52. The topological polar surface area (TPSA) is 75.9 Å². The Labute approximate surface area is 72.9 Å². The number of nitrogens with one attached hydrogen (secondary N) is 1. The van der Waals surface area contributed by atoms with Gasteiger partial charge < -0.3 is 11.5 Å². The van der Waals surface area contributed by atoms with Crippen LogP contribution < -0.4 is 11.5 Å². The lowest BCUT2D eigenvalue weighted by atomic mass is 10.2. The van der Waals surface area contributed by atoms with Crippen molar-refractivity contribution in [2.45, 2.75) is 13.8 Å². The van der Waals surface area contributed by atoms with Gasteiger partial charge in [-0.25, -0.2) is 0 Å². The molecule has 3 heteroatoms. The van der Waals surface area contributed by atoms with Gasteiger partial charge in [-0.05, 0) is 13.8 Å². The second-order valence-electron chi connectivity index (χ2n) is 2.61. The van der Waals surface area contributed by atoms with Gasteiger partial charge >= 0.3 is 0 Å². The normalized spacial score (nSPS) is 8.17. The summed E-state index contributed by atoms with van der Waals surface area (Å²) >= 11 is 0. The van der Waals surface area contributed by atoms with Crippen LogP contribution in [-0.2, 0) is 0 Å². The molecule has 5 N–H and O–H groups in total. The molecular formula is C9H15N3. The van der Waals surface area contributed by atoms with Crippen LogP contribution in [0.1, 0.15) is 11.1 Å². The van der Waals surface area contributed by atoms with Gasteiger partial charge in [0.25, 0.3) is 0 Å². The fourth-order valence-corrected chi connectivity index (χ4v) is 0.637. The van der Waals surface area contributed by atoms with Crippen molar-refractivity contribution < 1.29 is 0 Å². The largest absolute Gasteiger partial charge is 0.370 e. The second kappa shape index (κ2) is 5.18. The zero-order valence-corrected chi connectivity index (χ0v) is 7.46. The third kappa shape index (κ3) is 6.61. The molecule has 0 aliphatic carbocycles. The first kappa shape index (κ1) is 10.5. The summed E-state index contributed by atoms with van der Waals surface area (Å²) in [5.74, 6) is -0.333. The van der Waals surface area contributed by atoms with Crippen molar-refractivity contribution in [2.24, 2.45) is 11.5 Å². The maximum absolute atomic E-state index is 6.06. The van der Waals surface area contributed by atoms with Crippen LogP contribution in [0.15, 0.2) is 24.3 Å². The van der Waals surface area contributed by atoms with Crippen LogP contribution in [0, 0.1) is 19.3 Å². The summed E-state index contributed by atoms with van der Waals surface area (Å²) in [6.07, 6.45) is 0. The molecule has 0 amide bonds. The lowest BCUT2D eigenvalue weighted by Crippen LogP contribution is -2.20. The molecule has 66 valence electrons. The molecule has 0 radical (unpaired) electrons. The van der Waals surface area contributed by atoms with Gasteiger partial charge in [-0.1, -0.05) is 35.4 Å². The minimum atomic E-state index is -0.333. The van der Waals surface area contributed by atoms with Gasteiger partial charge in [-0.15, -0.1) is 0 Å². The maximum Gasteiger partial charge on any atom is 0.183 e. The van der Waals surface area contributed by atoms with E-state index in [0.29, 0.717) is 0 Å². The van der Waals surface area contributed by atoms with E-state index in [1.807, 2.05) is 0 Å². The van der Waals surface area contributed by atoms with Crippen LogP contribution >= 0.6 is 0 Å². The predicted octanol–water partition coefficient (Wildman–Crippen LogP) is 1.14. The van der Waals surface area contributed by atoms with E-state index >= 15 is 0 Å². The zero-order chi connectivity index (χ0) is 9.56. The molecule has 0 aliphatic rings. The molecule has 1 aromatic carbocycles. The number of benzene rings is 1. The Hall–Kier alpha value is -1.51. The third-order valence-electron chi connectivity index (χ3n) is 1.22. The second-order valence-corrected chi connectivity index (χ2v) is 2.61. The Balaban J connectivity index is 0.000000261. The van der Waals surface area contributed by atoms with Crippen LogP contribution in [-0.4, -0.2) is 5.96 Å². The van der Waals surface area contributed by atoms with Crippen molar-refractivity contribution in [1.29, 1.82) is 5.41 Å². The van der Waals surface area contributed by atoms with E-state index in [1.54, 1.807) is 0 Å². The van der Waals surface area contributed by atoms with Crippen molar-refractivity contribution in [2.75, 3.05) is 0 Å².